The molecule has 6 N–H and O–H groups in total. The third-order valence-corrected chi connectivity index (χ3v) is 7.18. The Morgan fingerprint density at radius 1 is 1.19 bits per heavy atom. The summed E-state index contributed by atoms with van der Waals surface area (Å²) in [5.74, 6) is -10.0. The van der Waals surface area contributed by atoms with Crippen molar-refractivity contribution in [3.63, 3.8) is 0 Å². The van der Waals surface area contributed by atoms with Crippen LogP contribution >= 0.6 is 11.6 Å². The van der Waals surface area contributed by atoms with E-state index in [1.165, 1.54) is 25.1 Å². The van der Waals surface area contributed by atoms with Gasteiger partial charge in [0.05, 0.1) is 23.6 Å². The molecule has 4 rings (SSSR count). The lowest BCUT2D eigenvalue weighted by atomic mass is 9.54. The Morgan fingerprint density at radius 2 is 1.81 bits per heavy atom. The number of likely N-dealkylation sites (N-methyl/N-ethyl adjacent to an activating group) is 1. The number of primary amides is 1. The predicted molar refractivity (Wildman–Crippen MR) is 109 cm³/mol. The summed E-state index contributed by atoms with van der Waals surface area (Å²) >= 11 is 6.17. The van der Waals surface area contributed by atoms with Gasteiger partial charge in [-0.2, -0.15) is 0 Å². The van der Waals surface area contributed by atoms with Crippen LogP contribution in [0.3, 0.4) is 0 Å². The van der Waals surface area contributed by atoms with Crippen LogP contribution in [0.5, 0.6) is 5.75 Å². The summed E-state index contributed by atoms with van der Waals surface area (Å²) < 4.78 is 0. The van der Waals surface area contributed by atoms with Crippen LogP contribution in [0.4, 0.5) is 0 Å². The number of rotatable bonds is 2. The molecule has 1 aromatic carbocycles. The molecule has 0 bridgehead atoms. The van der Waals surface area contributed by atoms with Crippen LogP contribution in [-0.4, -0.2) is 74.3 Å². The van der Waals surface area contributed by atoms with Gasteiger partial charge in [0.1, 0.15) is 17.1 Å². The minimum Gasteiger partial charge on any atom is -0.508 e. The highest BCUT2D eigenvalue weighted by atomic mass is 35.5. The number of nitrogens with zero attached hydrogens (tertiary/aromatic N) is 1. The van der Waals surface area contributed by atoms with Gasteiger partial charge in [-0.05, 0) is 32.6 Å². The van der Waals surface area contributed by atoms with Gasteiger partial charge in [-0.1, -0.05) is 11.6 Å². The molecular weight excluding hydrogens is 444 g/mol. The first-order valence-electron chi connectivity index (χ1n) is 9.80. The molecule has 0 radical (unpaired) electrons. The zero-order chi connectivity index (χ0) is 23.9. The summed E-state index contributed by atoms with van der Waals surface area (Å²) in [6.45, 7) is 0. The number of phenols is 1. The molecule has 0 aromatic heterocycles. The Kier molecular flexibility index (Phi) is 4.98. The topological polar surface area (TPSA) is 178 Å². The summed E-state index contributed by atoms with van der Waals surface area (Å²) in [6, 6.07) is 1.20. The van der Waals surface area contributed by atoms with Crippen molar-refractivity contribution in [3.05, 3.63) is 39.6 Å². The van der Waals surface area contributed by atoms with Gasteiger partial charge < -0.3 is 26.2 Å². The number of benzene rings is 1. The van der Waals surface area contributed by atoms with E-state index in [0.717, 1.165) is 6.07 Å². The SMILES string of the molecule is CN(C)[C@@H]1C(=O)C(C(N)=O)=C(O)[C@@]2(O)C(=O)C3C(=O)c4c(O)ccc(Cl)c4[C@@H](O)[C@H]3C[C@@H]12. The van der Waals surface area contributed by atoms with Crippen LogP contribution in [0.15, 0.2) is 23.5 Å². The fourth-order valence-corrected chi connectivity index (χ4v) is 5.73. The molecule has 1 fully saturated rings. The van der Waals surface area contributed by atoms with Gasteiger partial charge in [0.2, 0.25) is 0 Å². The quantitative estimate of drug-likeness (QED) is 0.288. The van der Waals surface area contributed by atoms with E-state index >= 15 is 0 Å². The lowest BCUT2D eigenvalue weighted by Gasteiger charge is -2.52. The van der Waals surface area contributed by atoms with Crippen LogP contribution in [0.1, 0.15) is 28.4 Å². The second kappa shape index (κ2) is 7.11. The maximum Gasteiger partial charge on any atom is 0.255 e. The zero-order valence-corrected chi connectivity index (χ0v) is 17.8. The molecule has 0 aliphatic heterocycles. The Balaban J connectivity index is 1.97. The highest BCUT2D eigenvalue weighted by Crippen LogP contribution is 2.55. The molecule has 3 aliphatic rings. The smallest absolute Gasteiger partial charge is 0.255 e. The molecule has 1 unspecified atom stereocenters. The van der Waals surface area contributed by atoms with E-state index < -0.39 is 75.8 Å². The number of halogens is 1. The molecule has 11 heteroatoms. The largest absolute Gasteiger partial charge is 0.508 e. The van der Waals surface area contributed by atoms with Crippen LogP contribution in [0.25, 0.3) is 0 Å². The number of amides is 1. The minimum absolute atomic E-state index is 0.00743. The van der Waals surface area contributed by atoms with E-state index in [0.29, 0.717) is 0 Å². The minimum atomic E-state index is -2.77. The first kappa shape index (κ1) is 22.4. The normalized spacial score (nSPS) is 34.3. The van der Waals surface area contributed by atoms with E-state index in [-0.39, 0.29) is 22.6 Å². The predicted octanol–water partition coefficient (Wildman–Crippen LogP) is -0.362. The average molecular weight is 465 g/mol. The van der Waals surface area contributed by atoms with Crippen molar-refractivity contribution in [2.75, 3.05) is 14.1 Å². The number of nitrogens with two attached hydrogens (primary N) is 1. The molecular formula is C21H21ClN2O8. The van der Waals surface area contributed by atoms with E-state index in [9.17, 15) is 39.6 Å². The number of carbonyl (C=O) groups is 4. The molecule has 3 aliphatic carbocycles. The molecule has 10 nitrogen and oxygen atoms in total. The zero-order valence-electron chi connectivity index (χ0n) is 17.1. The van der Waals surface area contributed by atoms with Gasteiger partial charge >= 0.3 is 0 Å². The van der Waals surface area contributed by atoms with E-state index in [4.69, 9.17) is 17.3 Å². The molecule has 0 saturated heterocycles. The Bertz CT molecular complexity index is 1130. The van der Waals surface area contributed by atoms with Gasteiger partial charge in [-0.15, -0.1) is 0 Å². The summed E-state index contributed by atoms with van der Waals surface area (Å²) in [7, 11) is 2.96. The lowest BCUT2D eigenvalue weighted by Crippen LogP contribution is -2.68. The molecule has 1 amide bonds. The molecule has 6 atom stereocenters. The Labute approximate surface area is 186 Å². The first-order chi connectivity index (χ1) is 14.8. The first-order valence-corrected chi connectivity index (χ1v) is 10.2. The molecule has 0 spiro atoms. The third kappa shape index (κ3) is 2.64. The number of carbonyl (C=O) groups excluding carboxylic acids is 4. The third-order valence-electron chi connectivity index (χ3n) is 6.85. The van der Waals surface area contributed by atoms with Gasteiger partial charge in [0.25, 0.3) is 5.91 Å². The Morgan fingerprint density at radius 3 is 2.38 bits per heavy atom. The summed E-state index contributed by atoms with van der Waals surface area (Å²) in [5.41, 5.74) is 1.17. The average Bonchev–Trinajstić information content (AvgIpc) is 2.69. The van der Waals surface area contributed by atoms with Crippen molar-refractivity contribution in [2.45, 2.75) is 24.2 Å². The number of Topliss-reactive ketones (excluding diaryl/α,β-unsaturated/α-hetero) is 3. The molecule has 32 heavy (non-hydrogen) atoms. The summed E-state index contributed by atoms with van der Waals surface area (Å²) in [6.07, 6.45) is -1.71. The lowest BCUT2D eigenvalue weighted by molar-refractivity contribution is -0.167. The van der Waals surface area contributed by atoms with Gasteiger partial charge in [-0.3, -0.25) is 24.1 Å². The molecule has 170 valence electrons. The summed E-state index contributed by atoms with van der Waals surface area (Å²) in [5, 5.41) is 43.4. The van der Waals surface area contributed by atoms with E-state index in [1.54, 1.807) is 0 Å². The highest BCUT2D eigenvalue weighted by Gasteiger charge is 2.67. The van der Waals surface area contributed by atoms with Crippen molar-refractivity contribution >= 4 is 34.9 Å². The monoisotopic (exact) mass is 464 g/mol. The van der Waals surface area contributed by atoms with Gasteiger partial charge in [0.15, 0.2) is 23.0 Å². The van der Waals surface area contributed by atoms with Crippen LogP contribution < -0.4 is 5.73 Å². The fraction of sp³-hybridized carbons (Fsp3) is 0.429. The summed E-state index contributed by atoms with van der Waals surface area (Å²) in [4.78, 5) is 53.1. The molecule has 1 aromatic rings. The van der Waals surface area contributed by atoms with Crippen LogP contribution in [0.2, 0.25) is 5.02 Å². The number of phenolic OH excluding ortho intramolecular Hbond substituents is 1. The number of hydrogen-bond donors (Lipinski definition) is 5. The second-order valence-electron chi connectivity index (χ2n) is 8.64. The number of aliphatic hydroxyl groups is 3. The molecule has 0 heterocycles. The number of ketones is 3. The van der Waals surface area contributed by atoms with Crippen molar-refractivity contribution in [2.24, 2.45) is 23.5 Å². The highest BCUT2D eigenvalue weighted by molar-refractivity contribution is 6.32. The Hall–Kier alpha value is -2.79. The van der Waals surface area contributed by atoms with E-state index in [1.807, 2.05) is 0 Å². The number of hydrogen-bond acceptors (Lipinski definition) is 9. The number of aromatic hydroxyl groups is 1. The van der Waals surface area contributed by atoms with E-state index in [2.05, 4.69) is 0 Å². The number of aliphatic hydroxyl groups excluding tert-OH is 2. The van der Waals surface area contributed by atoms with Crippen LogP contribution in [0, 0.1) is 17.8 Å². The van der Waals surface area contributed by atoms with Crippen molar-refractivity contribution in [1.82, 2.24) is 4.90 Å². The van der Waals surface area contributed by atoms with Crippen molar-refractivity contribution in [1.29, 1.82) is 0 Å². The van der Waals surface area contributed by atoms with Crippen molar-refractivity contribution < 1.29 is 39.6 Å². The fourth-order valence-electron chi connectivity index (χ4n) is 5.46. The second-order valence-corrected chi connectivity index (χ2v) is 9.05. The maximum absolute atomic E-state index is 13.6. The van der Waals surface area contributed by atoms with Gasteiger partial charge in [0, 0.05) is 22.4 Å². The standard InChI is InChI=1S/C21H21ClN2O8/c1-24(2)14-7-5-6-10(16(27)12-9(25)4-3-8(22)11(12)15(6)26)18(29)21(7,32)19(30)13(17(14)28)20(23)31/h3-4,6-7,10,14-15,25-26,30,32H,5H2,1-2H3,(H2,23,31)/t6-,7-,10?,14-,15-,21-/m0/s1. The molecule has 1 saturated carbocycles. The number of fused-ring (bicyclic) bond motifs is 3. The van der Waals surface area contributed by atoms with Gasteiger partial charge in [-0.25, -0.2) is 0 Å². The van der Waals surface area contributed by atoms with Crippen LogP contribution in [-0.2, 0) is 14.4 Å². The maximum atomic E-state index is 13.6. The van der Waals surface area contributed by atoms with Crippen molar-refractivity contribution in [3.8, 4) is 5.75 Å².